The second-order valence-corrected chi connectivity index (χ2v) is 4.21. The maximum atomic E-state index is 13.0. The van der Waals surface area contributed by atoms with Crippen molar-refractivity contribution in [2.45, 2.75) is 25.9 Å². The van der Waals surface area contributed by atoms with Crippen LogP contribution >= 0.6 is 0 Å². The molecule has 0 heterocycles. The molecule has 0 bridgehead atoms. The molecule has 3 heteroatoms. The third-order valence-corrected chi connectivity index (χ3v) is 2.79. The highest BCUT2D eigenvalue weighted by atomic mass is 19.1. The summed E-state index contributed by atoms with van der Waals surface area (Å²) in [7, 11) is 0. The van der Waals surface area contributed by atoms with E-state index >= 15 is 0 Å². The fourth-order valence-corrected chi connectivity index (χ4v) is 1.59. The van der Waals surface area contributed by atoms with Crippen LogP contribution in [0.2, 0.25) is 0 Å². The van der Waals surface area contributed by atoms with Crippen molar-refractivity contribution < 1.29 is 9.13 Å². The van der Waals surface area contributed by atoms with Crippen LogP contribution in [-0.4, -0.2) is 6.61 Å². The zero-order chi connectivity index (χ0) is 11.4. The summed E-state index contributed by atoms with van der Waals surface area (Å²) in [6, 6.07) is 6.35. The summed E-state index contributed by atoms with van der Waals surface area (Å²) in [6.07, 6.45) is 3.78. The van der Waals surface area contributed by atoms with Gasteiger partial charge in [0.1, 0.15) is 11.9 Å². The van der Waals surface area contributed by atoms with Gasteiger partial charge in [0.2, 0.25) is 0 Å². The van der Waals surface area contributed by atoms with Crippen molar-refractivity contribution in [1.82, 2.24) is 0 Å². The average molecular weight is 219 g/mol. The molecule has 0 atom stereocenters. The zero-order valence-electron chi connectivity index (χ0n) is 9.08. The van der Waals surface area contributed by atoms with E-state index in [2.05, 4.69) is 0 Å². The van der Waals surface area contributed by atoms with Crippen LogP contribution < -0.4 is 0 Å². The highest BCUT2D eigenvalue weighted by Gasteiger charge is 2.20. The highest BCUT2D eigenvalue weighted by molar-refractivity contribution is 5.34. The molecule has 0 aromatic heterocycles. The summed E-state index contributed by atoms with van der Waals surface area (Å²) in [5, 5.41) is 8.66. The Bertz CT molecular complexity index is 407. The topological polar surface area (TPSA) is 33.0 Å². The van der Waals surface area contributed by atoms with E-state index < -0.39 is 5.82 Å². The first-order valence-electron chi connectivity index (χ1n) is 5.56. The average Bonchev–Trinajstić information content (AvgIpc) is 3.10. The summed E-state index contributed by atoms with van der Waals surface area (Å²) >= 11 is 0. The number of benzene rings is 1. The SMILES string of the molecule is N#Cc1cc(COCCC2CC2)ccc1F. The quantitative estimate of drug-likeness (QED) is 0.713. The molecule has 16 heavy (non-hydrogen) atoms. The predicted molar refractivity (Wildman–Crippen MR) is 58.1 cm³/mol. The van der Waals surface area contributed by atoms with E-state index in [1.807, 2.05) is 6.07 Å². The minimum absolute atomic E-state index is 0.0864. The third kappa shape index (κ3) is 3.04. The molecule has 0 amide bonds. The number of halogens is 1. The van der Waals surface area contributed by atoms with Crippen LogP contribution in [-0.2, 0) is 11.3 Å². The minimum atomic E-state index is -0.468. The summed E-state index contributed by atoms with van der Waals surface area (Å²) < 4.78 is 18.5. The fourth-order valence-electron chi connectivity index (χ4n) is 1.59. The van der Waals surface area contributed by atoms with E-state index in [1.165, 1.54) is 18.9 Å². The maximum absolute atomic E-state index is 13.0. The summed E-state index contributed by atoms with van der Waals surface area (Å²) in [5.74, 6) is 0.395. The molecule has 0 unspecified atom stereocenters. The minimum Gasteiger partial charge on any atom is -0.377 e. The molecule has 0 N–H and O–H groups in total. The van der Waals surface area contributed by atoms with Gasteiger partial charge in [-0.3, -0.25) is 0 Å². The lowest BCUT2D eigenvalue weighted by Gasteiger charge is -2.04. The molecular formula is C13H14FNO. The first-order chi connectivity index (χ1) is 7.79. The Morgan fingerprint density at radius 3 is 2.94 bits per heavy atom. The van der Waals surface area contributed by atoms with E-state index in [1.54, 1.807) is 12.1 Å². The van der Waals surface area contributed by atoms with E-state index in [0.29, 0.717) is 6.61 Å². The lowest BCUT2D eigenvalue weighted by atomic mass is 10.1. The van der Waals surface area contributed by atoms with E-state index in [9.17, 15) is 4.39 Å². The van der Waals surface area contributed by atoms with Crippen molar-refractivity contribution in [2.24, 2.45) is 5.92 Å². The van der Waals surface area contributed by atoms with Gasteiger partial charge in [-0.25, -0.2) is 4.39 Å². The molecule has 1 aliphatic carbocycles. The first kappa shape index (κ1) is 11.1. The Morgan fingerprint density at radius 1 is 1.44 bits per heavy atom. The molecule has 1 fully saturated rings. The molecule has 0 saturated heterocycles. The number of ether oxygens (including phenoxy) is 1. The lowest BCUT2D eigenvalue weighted by molar-refractivity contribution is 0.115. The molecule has 0 radical (unpaired) electrons. The van der Waals surface area contributed by atoms with Crippen LogP contribution in [0, 0.1) is 23.1 Å². The molecule has 2 nitrogen and oxygen atoms in total. The summed E-state index contributed by atoms with van der Waals surface area (Å²) in [5.41, 5.74) is 0.942. The number of nitrogens with zero attached hydrogens (tertiary/aromatic N) is 1. The highest BCUT2D eigenvalue weighted by Crippen LogP contribution is 2.32. The first-order valence-corrected chi connectivity index (χ1v) is 5.56. The van der Waals surface area contributed by atoms with E-state index in [4.69, 9.17) is 10.00 Å². The van der Waals surface area contributed by atoms with Gasteiger partial charge in [0.05, 0.1) is 12.2 Å². The molecule has 0 aliphatic heterocycles. The van der Waals surface area contributed by atoms with Crippen molar-refractivity contribution in [1.29, 1.82) is 5.26 Å². The van der Waals surface area contributed by atoms with Gasteiger partial charge in [0, 0.05) is 6.61 Å². The van der Waals surface area contributed by atoms with Crippen LogP contribution in [0.3, 0.4) is 0 Å². The Kier molecular flexibility index (Phi) is 3.53. The standard InChI is InChI=1S/C13H14FNO/c14-13-4-3-11(7-12(13)8-15)9-16-6-5-10-1-2-10/h3-4,7,10H,1-2,5-6,9H2. The molecule has 1 aromatic rings. The number of nitriles is 1. The Labute approximate surface area is 94.7 Å². The van der Waals surface area contributed by atoms with Crippen molar-refractivity contribution in [3.05, 3.63) is 35.1 Å². The van der Waals surface area contributed by atoms with E-state index in [0.717, 1.165) is 24.5 Å². The molecule has 1 aromatic carbocycles. The van der Waals surface area contributed by atoms with Crippen LogP contribution in [0.5, 0.6) is 0 Å². The monoisotopic (exact) mass is 219 g/mol. The van der Waals surface area contributed by atoms with Gasteiger partial charge in [-0.2, -0.15) is 5.26 Å². The molecule has 1 saturated carbocycles. The fraction of sp³-hybridized carbons (Fsp3) is 0.462. The van der Waals surface area contributed by atoms with Crippen molar-refractivity contribution in [2.75, 3.05) is 6.61 Å². The predicted octanol–water partition coefficient (Wildman–Crippen LogP) is 3.01. The van der Waals surface area contributed by atoms with Gasteiger partial charge in [-0.05, 0) is 30.0 Å². The number of hydrogen-bond donors (Lipinski definition) is 0. The maximum Gasteiger partial charge on any atom is 0.140 e. The van der Waals surface area contributed by atoms with Crippen LogP contribution in [0.15, 0.2) is 18.2 Å². The smallest absolute Gasteiger partial charge is 0.140 e. The second-order valence-electron chi connectivity index (χ2n) is 4.21. The van der Waals surface area contributed by atoms with E-state index in [-0.39, 0.29) is 5.56 Å². The normalized spacial score (nSPS) is 14.8. The molecule has 0 spiro atoms. The zero-order valence-corrected chi connectivity index (χ0v) is 9.08. The Balaban J connectivity index is 1.81. The molecular weight excluding hydrogens is 205 g/mol. The molecule has 2 rings (SSSR count). The van der Waals surface area contributed by atoms with Crippen molar-refractivity contribution in [3.8, 4) is 6.07 Å². The van der Waals surface area contributed by atoms with Crippen molar-refractivity contribution >= 4 is 0 Å². The largest absolute Gasteiger partial charge is 0.377 e. The van der Waals surface area contributed by atoms with Gasteiger partial charge < -0.3 is 4.74 Å². The second kappa shape index (κ2) is 5.09. The third-order valence-electron chi connectivity index (χ3n) is 2.79. The van der Waals surface area contributed by atoms with Gasteiger partial charge in [0.25, 0.3) is 0 Å². The van der Waals surface area contributed by atoms with Gasteiger partial charge in [-0.1, -0.05) is 18.9 Å². The Morgan fingerprint density at radius 2 is 2.25 bits per heavy atom. The molecule has 1 aliphatic rings. The molecule has 84 valence electrons. The van der Waals surface area contributed by atoms with Crippen LogP contribution in [0.1, 0.15) is 30.4 Å². The van der Waals surface area contributed by atoms with Crippen molar-refractivity contribution in [3.63, 3.8) is 0 Å². The lowest BCUT2D eigenvalue weighted by Crippen LogP contribution is -1.97. The Hall–Kier alpha value is -1.40. The number of hydrogen-bond acceptors (Lipinski definition) is 2. The summed E-state index contributed by atoms with van der Waals surface area (Å²) in [6.45, 7) is 1.21. The van der Waals surface area contributed by atoms with Gasteiger partial charge >= 0.3 is 0 Å². The van der Waals surface area contributed by atoms with Crippen LogP contribution in [0.25, 0.3) is 0 Å². The van der Waals surface area contributed by atoms with Gasteiger partial charge in [0.15, 0.2) is 0 Å². The number of rotatable bonds is 5. The van der Waals surface area contributed by atoms with Gasteiger partial charge in [-0.15, -0.1) is 0 Å². The summed E-state index contributed by atoms with van der Waals surface area (Å²) in [4.78, 5) is 0. The van der Waals surface area contributed by atoms with Crippen LogP contribution in [0.4, 0.5) is 4.39 Å².